The van der Waals surface area contributed by atoms with Gasteiger partial charge < -0.3 is 58.3 Å². The summed E-state index contributed by atoms with van der Waals surface area (Å²) in [4.78, 5) is 22.6. The zero-order chi connectivity index (χ0) is 103. The van der Waals surface area contributed by atoms with Gasteiger partial charge in [-0.2, -0.15) is 0 Å². The van der Waals surface area contributed by atoms with Crippen molar-refractivity contribution in [1.29, 1.82) is 0 Å². The second kappa shape index (κ2) is 66.8. The van der Waals surface area contributed by atoms with Gasteiger partial charge in [0.2, 0.25) is 0 Å². The fourth-order valence-electron chi connectivity index (χ4n) is 14.9. The van der Waals surface area contributed by atoms with Crippen molar-refractivity contribution in [2.24, 2.45) is 11.8 Å². The Kier molecular flexibility index (Phi) is 59.2. The number of benzene rings is 9. The van der Waals surface area contributed by atoms with E-state index in [-0.39, 0.29) is 35.5 Å². The van der Waals surface area contributed by atoms with Gasteiger partial charge in [-0.25, -0.2) is 4.79 Å². The molecule has 0 amide bonds. The van der Waals surface area contributed by atoms with Crippen molar-refractivity contribution in [3.05, 3.63) is 274 Å². The lowest BCUT2D eigenvalue weighted by Crippen LogP contribution is -2.27. The van der Waals surface area contributed by atoms with Crippen LogP contribution in [0.3, 0.4) is 0 Å². The van der Waals surface area contributed by atoms with E-state index in [1.807, 2.05) is 121 Å². The number of hydrogen-bond donors (Lipinski definition) is 4. The fourth-order valence-corrected chi connectivity index (χ4v) is 14.9. The van der Waals surface area contributed by atoms with Crippen LogP contribution < -0.4 is 18.9 Å². The lowest BCUT2D eigenvalue weighted by molar-refractivity contribution is -0.159. The van der Waals surface area contributed by atoms with Gasteiger partial charge in [0.25, 0.3) is 0 Å². The molecular weight excluding hydrogens is 1710 g/mol. The number of carbonyl (C=O) groups is 2. The Balaban J connectivity index is 0.000000410. The summed E-state index contributed by atoms with van der Waals surface area (Å²) in [6, 6.07) is 71.7. The first-order valence-electron chi connectivity index (χ1n) is 52.4. The maximum Gasteiger partial charge on any atom is 0.514 e. The van der Waals surface area contributed by atoms with Crippen molar-refractivity contribution in [2.75, 3.05) is 19.8 Å². The molecule has 2 fully saturated rings. The topological polar surface area (TPSA) is 189 Å². The van der Waals surface area contributed by atoms with Crippen LogP contribution in [0.15, 0.2) is 218 Å². The largest absolute Gasteiger partial charge is 0.514 e. The first kappa shape index (κ1) is 122. The molecule has 2 saturated carbocycles. The predicted octanol–water partition coefficient (Wildman–Crippen LogP) is 36.0. The number of ether oxygens (including phenoxy) is 8. The zero-order valence-corrected chi connectivity index (χ0v) is 90.9. The van der Waals surface area contributed by atoms with Crippen LogP contribution in [0.2, 0.25) is 0 Å². The van der Waals surface area contributed by atoms with Crippen LogP contribution in [0.1, 0.15) is 438 Å². The van der Waals surface area contributed by atoms with E-state index >= 15 is 0 Å². The van der Waals surface area contributed by atoms with Crippen molar-refractivity contribution in [1.82, 2.24) is 0 Å². The Bertz CT molecular complexity index is 4370. The quantitative estimate of drug-likeness (QED) is 0.0132. The predicted molar refractivity (Wildman–Crippen MR) is 580 cm³/mol. The second-order valence-corrected chi connectivity index (χ2v) is 41.0. The third-order valence-electron chi connectivity index (χ3n) is 26.3. The number of aromatic hydroxyl groups is 4. The van der Waals surface area contributed by atoms with E-state index in [9.17, 15) is 9.59 Å². The van der Waals surface area contributed by atoms with Gasteiger partial charge in [0, 0.05) is 0 Å². The van der Waals surface area contributed by atoms with Gasteiger partial charge in [0.05, 0.1) is 19.1 Å². The van der Waals surface area contributed by atoms with E-state index in [2.05, 4.69) is 216 Å². The molecule has 0 aliphatic heterocycles. The highest BCUT2D eigenvalue weighted by Gasteiger charge is 2.23. The number of phenols is 4. The van der Waals surface area contributed by atoms with E-state index in [0.717, 1.165) is 80.6 Å². The molecule has 11 unspecified atom stereocenters. The third-order valence-corrected chi connectivity index (χ3v) is 26.3. The maximum absolute atomic E-state index is 11.5. The molecule has 11 atom stereocenters. The van der Waals surface area contributed by atoms with Gasteiger partial charge >= 0.3 is 12.1 Å². The summed E-state index contributed by atoms with van der Waals surface area (Å²) in [5.74, 6) is 10.8. The highest BCUT2D eigenvalue weighted by Crippen LogP contribution is 2.36. The van der Waals surface area contributed by atoms with Crippen LogP contribution in [0.25, 0.3) is 0 Å². The van der Waals surface area contributed by atoms with Gasteiger partial charge in [0.1, 0.15) is 63.8 Å². The zero-order valence-electron chi connectivity index (χ0n) is 90.9. The number of rotatable bonds is 33. The molecule has 4 N–H and O–H groups in total. The smallest absolute Gasteiger partial charge is 0.508 e. The lowest BCUT2D eigenvalue weighted by atomic mass is 9.84. The van der Waals surface area contributed by atoms with E-state index in [0.29, 0.717) is 89.3 Å². The molecule has 138 heavy (non-hydrogen) atoms. The summed E-state index contributed by atoms with van der Waals surface area (Å²) >= 11 is 0. The molecule has 0 aromatic heterocycles. The molecule has 14 nitrogen and oxygen atoms in total. The molecule has 9 aromatic carbocycles. The Hall–Kier alpha value is -9.76. The summed E-state index contributed by atoms with van der Waals surface area (Å²) in [7, 11) is 0. The van der Waals surface area contributed by atoms with Gasteiger partial charge in [-0.1, -0.05) is 318 Å². The van der Waals surface area contributed by atoms with E-state index in [4.69, 9.17) is 58.3 Å². The summed E-state index contributed by atoms with van der Waals surface area (Å²) < 4.78 is 44.4. The highest BCUT2D eigenvalue weighted by molar-refractivity contribution is 5.72. The van der Waals surface area contributed by atoms with Crippen LogP contribution in [0, 0.1) is 11.8 Å². The normalized spacial score (nSPS) is 14.9. The first-order valence-corrected chi connectivity index (χ1v) is 52.4. The number of phenolic OH excluding ortho intramolecular Hbond substituents is 4. The lowest BCUT2D eigenvalue weighted by Gasteiger charge is -2.22. The maximum atomic E-state index is 11.5. The SMILES string of the molecule is CCC(C)C(=O)OC(C)(C)C.CCC(C)c1ccc(C(C)(C)C)cc1.CCC(C)c1ccc(O)cc1.CCC(C)c1ccc(O)cc1.CCC(C)c1ccc(O)cc1.CCC(C)c1ccc(O)cc1.CCC(C)c1ccc(OC(=O)OC(C)(C)C)cc1.CCC(C)c1ccc(OC(C)OCCC2CCCCC2)cc1.CCC(C)c1ccc(OC(C)OCCOc2ccc(C3CCCCC3)cc2)cc1. The average molecular weight is 1900 g/mol. The summed E-state index contributed by atoms with van der Waals surface area (Å²) in [5.41, 5.74) is 12.9. The van der Waals surface area contributed by atoms with E-state index in [1.165, 1.54) is 139 Å². The third kappa shape index (κ3) is 51.9. The molecule has 11 rings (SSSR count). The van der Waals surface area contributed by atoms with Crippen molar-refractivity contribution in [3.8, 4) is 46.0 Å². The molecule has 2 aliphatic rings. The average Bonchev–Trinajstić information content (AvgIpc) is 0.849. The highest BCUT2D eigenvalue weighted by atomic mass is 16.7. The van der Waals surface area contributed by atoms with Gasteiger partial charge in [-0.15, -0.1) is 0 Å². The molecule has 2 aliphatic carbocycles. The molecule has 14 heteroatoms. The summed E-state index contributed by atoms with van der Waals surface area (Å²) in [5, 5.41) is 36.0. The van der Waals surface area contributed by atoms with Crippen LogP contribution >= 0.6 is 0 Å². The van der Waals surface area contributed by atoms with Crippen LogP contribution in [-0.2, 0) is 29.2 Å². The Morgan fingerprint density at radius 3 is 0.855 bits per heavy atom. The van der Waals surface area contributed by atoms with Crippen molar-refractivity contribution in [2.45, 2.75) is 412 Å². The van der Waals surface area contributed by atoms with Crippen molar-refractivity contribution >= 4 is 12.1 Å². The number of hydrogen-bond acceptors (Lipinski definition) is 14. The Morgan fingerprint density at radius 2 is 0.572 bits per heavy atom. The monoisotopic (exact) mass is 1900 g/mol. The minimum atomic E-state index is -0.668. The first-order chi connectivity index (χ1) is 65.4. The molecule has 766 valence electrons. The second-order valence-electron chi connectivity index (χ2n) is 41.0. The minimum absolute atomic E-state index is 0.0224. The molecule has 0 saturated heterocycles. The molecular formula is C124H186O14. The Labute approximate surface area is 838 Å². The number of carbonyl (C=O) groups excluding carboxylic acids is 2. The molecule has 0 radical (unpaired) electrons. The van der Waals surface area contributed by atoms with Crippen LogP contribution in [0.4, 0.5) is 4.79 Å². The van der Waals surface area contributed by atoms with Crippen LogP contribution in [-0.4, -0.2) is 76.2 Å². The van der Waals surface area contributed by atoms with Crippen LogP contribution in [0.5, 0.6) is 46.0 Å². The molecule has 0 bridgehead atoms. The minimum Gasteiger partial charge on any atom is -0.508 e. The summed E-state index contributed by atoms with van der Waals surface area (Å²) in [6.07, 6.45) is 23.8. The standard InChI is InChI=1S/C26H36O3.C20H32O2.C15H22O3.C14H22.4C10H14O.C9H18O2/c1-4-20(2)22-10-16-26(17-11-22)29-21(3)27-18-19-28-25-14-12-24(13-15-25)23-8-6-5-7-9-23;1-4-16(2)19-10-12-20(13-11-19)22-17(3)21-15-14-18-8-6-5-7-9-18;1-6-11(2)12-7-9-13(10-8-12)17-14(16)18-15(3,4)5;1-6-11(2)12-7-9-13(10-8-12)14(3,4)5;4*1-3-8(2)9-4-6-10(11)7-5-9;1-6-7(2)8(10)11-9(3,4)5/h10-17,20-21,23H,4-9,18-19H2,1-3H3;10-13,16-18H,4-9,14-15H2,1-3H3;7-11H,6H2,1-5H3;7-11H,6H2,1-5H3;4*4-8,11H,3H2,1-2H3;7H,6H2,1-5H3. The van der Waals surface area contributed by atoms with Gasteiger partial charge in [-0.3, -0.25) is 4.79 Å². The van der Waals surface area contributed by atoms with Gasteiger partial charge in [0.15, 0.2) is 12.6 Å². The molecule has 0 spiro atoms. The van der Waals surface area contributed by atoms with Crippen molar-refractivity contribution < 1.29 is 67.9 Å². The van der Waals surface area contributed by atoms with Gasteiger partial charge in [-0.05, 0) is 350 Å². The Morgan fingerprint density at radius 1 is 0.304 bits per heavy atom. The summed E-state index contributed by atoms with van der Waals surface area (Å²) in [6.45, 7) is 62.6. The molecule has 9 aromatic rings. The fraction of sp³-hybridized carbons (Fsp3) is 0.548. The number of esters is 1. The van der Waals surface area contributed by atoms with Crippen molar-refractivity contribution in [3.63, 3.8) is 0 Å². The van der Waals surface area contributed by atoms with E-state index < -0.39 is 11.8 Å². The van der Waals surface area contributed by atoms with E-state index in [1.54, 1.807) is 81.4 Å². The molecule has 0 heterocycles.